The average Bonchev–Trinajstić information content (AvgIpc) is 2.51. The van der Waals surface area contributed by atoms with Crippen LogP contribution >= 0.6 is 11.6 Å². The van der Waals surface area contributed by atoms with Crippen molar-refractivity contribution in [1.29, 1.82) is 0 Å². The molecule has 2 atom stereocenters. The van der Waals surface area contributed by atoms with Gasteiger partial charge in [0.1, 0.15) is 0 Å². The van der Waals surface area contributed by atoms with Crippen LogP contribution in [0.3, 0.4) is 0 Å². The fourth-order valence-corrected chi connectivity index (χ4v) is 2.85. The maximum Gasteiger partial charge on any atom is 0.0285 e. The van der Waals surface area contributed by atoms with Gasteiger partial charge in [-0.25, -0.2) is 0 Å². The summed E-state index contributed by atoms with van der Waals surface area (Å²) in [6.07, 6.45) is 9.10. The Bertz CT molecular complexity index is 203. The molecule has 12 heavy (non-hydrogen) atoms. The van der Waals surface area contributed by atoms with E-state index in [1.165, 1.54) is 32.1 Å². The molecule has 0 bridgehead atoms. The van der Waals surface area contributed by atoms with Crippen molar-refractivity contribution < 1.29 is 0 Å². The summed E-state index contributed by atoms with van der Waals surface area (Å²) in [6.45, 7) is 2.33. The van der Waals surface area contributed by atoms with E-state index in [9.17, 15) is 0 Å². The summed E-state index contributed by atoms with van der Waals surface area (Å²) in [5, 5.41) is 0. The zero-order chi connectivity index (χ0) is 8.60. The Hall–Kier alpha value is 0.0300. The average molecular weight is 185 g/mol. The highest BCUT2D eigenvalue weighted by atomic mass is 35.5. The normalized spacial score (nSPS) is 39.8. The van der Waals surface area contributed by atoms with Crippen molar-refractivity contribution in [2.24, 2.45) is 11.3 Å². The van der Waals surface area contributed by atoms with Gasteiger partial charge in [0.25, 0.3) is 0 Å². The topological polar surface area (TPSA) is 0 Å². The molecular formula is C11H17Cl. The lowest BCUT2D eigenvalue weighted by Crippen LogP contribution is -2.06. The van der Waals surface area contributed by atoms with Gasteiger partial charge in [-0.3, -0.25) is 0 Å². The molecule has 0 radical (unpaired) electrons. The molecule has 2 unspecified atom stereocenters. The standard InChI is InChI=1S/C11H17Cl/c1-9-6-11(9,8-12)7-10-4-2-3-5-10/h4,9H,2-3,5-8H2,1H3. The molecule has 0 amide bonds. The van der Waals surface area contributed by atoms with E-state index in [-0.39, 0.29) is 0 Å². The molecule has 0 nitrogen and oxygen atoms in total. The maximum atomic E-state index is 6.00. The summed E-state index contributed by atoms with van der Waals surface area (Å²) in [5.41, 5.74) is 2.19. The first-order valence-electron chi connectivity index (χ1n) is 5.01. The molecule has 0 aromatic rings. The lowest BCUT2D eigenvalue weighted by atomic mass is 9.96. The van der Waals surface area contributed by atoms with Crippen molar-refractivity contribution in [1.82, 2.24) is 0 Å². The fourth-order valence-electron chi connectivity index (χ4n) is 2.38. The molecule has 2 aliphatic carbocycles. The van der Waals surface area contributed by atoms with Crippen molar-refractivity contribution in [3.63, 3.8) is 0 Å². The molecular weight excluding hydrogens is 168 g/mol. The van der Waals surface area contributed by atoms with Crippen molar-refractivity contribution in [2.75, 3.05) is 5.88 Å². The zero-order valence-electron chi connectivity index (χ0n) is 7.78. The summed E-state index contributed by atoms with van der Waals surface area (Å²) >= 11 is 6.00. The molecule has 1 heteroatoms. The van der Waals surface area contributed by atoms with Crippen LogP contribution in [-0.2, 0) is 0 Å². The second kappa shape index (κ2) is 3.06. The molecule has 0 aliphatic heterocycles. The quantitative estimate of drug-likeness (QED) is 0.463. The molecule has 0 N–H and O–H groups in total. The maximum absolute atomic E-state index is 6.00. The monoisotopic (exact) mass is 184 g/mol. The van der Waals surface area contributed by atoms with Gasteiger partial charge in [0.05, 0.1) is 0 Å². The van der Waals surface area contributed by atoms with Crippen LogP contribution in [0.15, 0.2) is 11.6 Å². The van der Waals surface area contributed by atoms with Gasteiger partial charge in [-0.05, 0) is 43.4 Å². The van der Waals surface area contributed by atoms with Crippen LogP contribution in [-0.4, -0.2) is 5.88 Å². The zero-order valence-corrected chi connectivity index (χ0v) is 8.53. The second-order valence-corrected chi connectivity index (χ2v) is 4.80. The van der Waals surface area contributed by atoms with Crippen molar-refractivity contribution in [2.45, 2.75) is 39.0 Å². The Morgan fingerprint density at radius 2 is 2.42 bits per heavy atom. The molecule has 0 aromatic heterocycles. The Kier molecular flexibility index (Phi) is 2.20. The van der Waals surface area contributed by atoms with Crippen molar-refractivity contribution in [3.8, 4) is 0 Å². The van der Waals surface area contributed by atoms with E-state index in [4.69, 9.17) is 11.6 Å². The Balaban J connectivity index is 1.93. The van der Waals surface area contributed by atoms with Crippen molar-refractivity contribution in [3.05, 3.63) is 11.6 Å². The van der Waals surface area contributed by atoms with Crippen LogP contribution in [0.5, 0.6) is 0 Å². The fraction of sp³-hybridized carbons (Fsp3) is 0.818. The van der Waals surface area contributed by atoms with E-state index in [0.29, 0.717) is 5.41 Å². The van der Waals surface area contributed by atoms with E-state index in [2.05, 4.69) is 13.0 Å². The smallest absolute Gasteiger partial charge is 0.0285 e. The van der Waals surface area contributed by atoms with E-state index < -0.39 is 0 Å². The van der Waals surface area contributed by atoms with Gasteiger partial charge >= 0.3 is 0 Å². The lowest BCUT2D eigenvalue weighted by Gasteiger charge is -2.13. The van der Waals surface area contributed by atoms with Crippen LogP contribution in [0.25, 0.3) is 0 Å². The highest BCUT2D eigenvalue weighted by Crippen LogP contribution is 2.57. The highest BCUT2D eigenvalue weighted by molar-refractivity contribution is 6.18. The molecule has 1 saturated carbocycles. The summed E-state index contributed by atoms with van der Waals surface area (Å²) in [7, 11) is 0. The number of hydrogen-bond donors (Lipinski definition) is 0. The molecule has 0 heterocycles. The summed E-state index contributed by atoms with van der Waals surface area (Å²) < 4.78 is 0. The molecule has 2 rings (SSSR count). The summed E-state index contributed by atoms with van der Waals surface area (Å²) in [5.74, 6) is 1.74. The van der Waals surface area contributed by atoms with Crippen LogP contribution in [0.4, 0.5) is 0 Å². The SMILES string of the molecule is CC1CC1(CCl)CC1=CCCC1. The Morgan fingerprint density at radius 3 is 2.83 bits per heavy atom. The Morgan fingerprint density at radius 1 is 1.67 bits per heavy atom. The third-order valence-electron chi connectivity index (χ3n) is 3.58. The predicted molar refractivity (Wildman–Crippen MR) is 53.5 cm³/mol. The Labute approximate surface area is 80.0 Å². The van der Waals surface area contributed by atoms with E-state index in [0.717, 1.165) is 11.8 Å². The minimum absolute atomic E-state index is 0.512. The molecule has 0 aromatic carbocycles. The third-order valence-corrected chi connectivity index (χ3v) is 4.11. The van der Waals surface area contributed by atoms with Crippen molar-refractivity contribution >= 4 is 11.6 Å². The van der Waals surface area contributed by atoms with Gasteiger partial charge in [-0.2, -0.15) is 0 Å². The minimum Gasteiger partial charge on any atom is -0.126 e. The van der Waals surface area contributed by atoms with Gasteiger partial charge in [-0.15, -0.1) is 11.6 Å². The lowest BCUT2D eigenvalue weighted by molar-refractivity contribution is 0.516. The van der Waals surface area contributed by atoms with E-state index in [1.54, 1.807) is 5.57 Å². The third kappa shape index (κ3) is 1.42. The van der Waals surface area contributed by atoms with E-state index >= 15 is 0 Å². The molecule has 68 valence electrons. The first kappa shape index (κ1) is 8.62. The number of rotatable bonds is 3. The molecule has 2 aliphatic rings. The van der Waals surface area contributed by atoms with Crippen LogP contribution in [0.2, 0.25) is 0 Å². The van der Waals surface area contributed by atoms with Crippen LogP contribution in [0, 0.1) is 11.3 Å². The van der Waals surface area contributed by atoms with Crippen LogP contribution in [0.1, 0.15) is 39.0 Å². The van der Waals surface area contributed by atoms with Gasteiger partial charge < -0.3 is 0 Å². The number of allylic oxidation sites excluding steroid dienone is 2. The highest BCUT2D eigenvalue weighted by Gasteiger charge is 2.50. The number of halogens is 1. The molecule has 1 fully saturated rings. The predicted octanol–water partition coefficient (Wildman–Crippen LogP) is 3.75. The summed E-state index contributed by atoms with van der Waals surface area (Å²) in [4.78, 5) is 0. The van der Waals surface area contributed by atoms with Gasteiger partial charge in [0.2, 0.25) is 0 Å². The minimum atomic E-state index is 0.512. The first-order valence-corrected chi connectivity index (χ1v) is 5.54. The number of hydrogen-bond acceptors (Lipinski definition) is 0. The van der Waals surface area contributed by atoms with Crippen LogP contribution < -0.4 is 0 Å². The van der Waals surface area contributed by atoms with Gasteiger partial charge in [0.15, 0.2) is 0 Å². The molecule has 0 spiro atoms. The van der Waals surface area contributed by atoms with Gasteiger partial charge in [-0.1, -0.05) is 18.6 Å². The molecule has 0 saturated heterocycles. The largest absolute Gasteiger partial charge is 0.126 e. The second-order valence-electron chi connectivity index (χ2n) is 4.53. The summed E-state index contributed by atoms with van der Waals surface area (Å²) in [6, 6.07) is 0. The first-order chi connectivity index (χ1) is 5.77. The van der Waals surface area contributed by atoms with Gasteiger partial charge in [0, 0.05) is 5.88 Å². The van der Waals surface area contributed by atoms with E-state index in [1.807, 2.05) is 0 Å². The number of alkyl halides is 1.